The van der Waals surface area contributed by atoms with Gasteiger partial charge in [0.25, 0.3) is 0 Å². The molecule has 4 nitrogen and oxygen atoms in total. The molecule has 0 aromatic heterocycles. The van der Waals surface area contributed by atoms with Gasteiger partial charge in [-0.1, -0.05) is 28.1 Å². The lowest BCUT2D eigenvalue weighted by atomic mass is 10.1. The number of nitrogens with zero attached hydrogens (tertiary/aromatic N) is 1. The van der Waals surface area contributed by atoms with Crippen molar-refractivity contribution in [3.8, 4) is 6.07 Å². The van der Waals surface area contributed by atoms with E-state index in [-0.39, 0.29) is 5.97 Å². The fraction of sp³-hybridized carbons (Fsp3) is 0.333. The van der Waals surface area contributed by atoms with Crippen molar-refractivity contribution in [1.29, 1.82) is 5.26 Å². The Bertz CT molecular complexity index is 454. The molecule has 0 saturated heterocycles. The smallest absolute Gasteiger partial charge is 0.321 e. The van der Waals surface area contributed by atoms with Gasteiger partial charge in [-0.3, -0.25) is 4.79 Å². The highest BCUT2D eigenvalue weighted by Crippen LogP contribution is 2.18. The zero-order chi connectivity index (χ0) is 12.8. The van der Waals surface area contributed by atoms with Crippen LogP contribution in [-0.4, -0.2) is 24.5 Å². The van der Waals surface area contributed by atoms with Crippen LogP contribution in [0.1, 0.15) is 11.1 Å². The van der Waals surface area contributed by atoms with Crippen molar-refractivity contribution in [2.75, 3.05) is 19.0 Å². The Kier molecular flexibility index (Phi) is 4.98. The second-order valence-corrected chi connectivity index (χ2v) is 4.59. The Morgan fingerprint density at radius 1 is 1.65 bits per heavy atom. The first-order valence-electron chi connectivity index (χ1n) is 5.05. The van der Waals surface area contributed by atoms with Crippen LogP contribution in [0.2, 0.25) is 0 Å². The molecule has 0 aliphatic carbocycles. The number of halogens is 1. The molecule has 5 heteroatoms. The van der Waals surface area contributed by atoms with Crippen LogP contribution in [0, 0.1) is 18.3 Å². The monoisotopic (exact) mass is 296 g/mol. The van der Waals surface area contributed by atoms with Crippen LogP contribution in [0.25, 0.3) is 0 Å². The lowest BCUT2D eigenvalue weighted by Gasteiger charge is -2.12. The Morgan fingerprint density at radius 3 is 2.94 bits per heavy atom. The van der Waals surface area contributed by atoms with Gasteiger partial charge in [-0.2, -0.15) is 5.26 Å². The largest absolute Gasteiger partial charge is 0.468 e. The molecule has 90 valence electrons. The zero-order valence-corrected chi connectivity index (χ0v) is 11.2. The van der Waals surface area contributed by atoms with E-state index < -0.39 is 4.83 Å². The summed E-state index contributed by atoms with van der Waals surface area (Å²) in [6.07, 6.45) is 0. The summed E-state index contributed by atoms with van der Waals surface area (Å²) < 4.78 is 4.59. The van der Waals surface area contributed by atoms with Gasteiger partial charge in [0.1, 0.15) is 10.9 Å². The van der Waals surface area contributed by atoms with Crippen LogP contribution in [0.5, 0.6) is 0 Å². The molecule has 1 unspecified atom stereocenters. The molecule has 0 fully saturated rings. The van der Waals surface area contributed by atoms with E-state index in [2.05, 4.69) is 32.1 Å². The van der Waals surface area contributed by atoms with E-state index >= 15 is 0 Å². The van der Waals surface area contributed by atoms with E-state index in [0.717, 1.165) is 11.3 Å². The van der Waals surface area contributed by atoms with E-state index in [4.69, 9.17) is 5.26 Å². The quantitative estimate of drug-likeness (QED) is 0.683. The summed E-state index contributed by atoms with van der Waals surface area (Å²) in [4.78, 5) is 10.7. The van der Waals surface area contributed by atoms with Gasteiger partial charge in [0.15, 0.2) is 0 Å². The highest BCUT2D eigenvalue weighted by Gasteiger charge is 2.15. The number of benzene rings is 1. The maximum Gasteiger partial charge on any atom is 0.321 e. The van der Waals surface area contributed by atoms with Crippen molar-refractivity contribution < 1.29 is 9.53 Å². The molecule has 17 heavy (non-hydrogen) atoms. The molecule has 0 heterocycles. The number of ether oxygens (including phenoxy) is 1. The van der Waals surface area contributed by atoms with Crippen molar-refractivity contribution in [3.63, 3.8) is 0 Å². The number of aryl methyl sites for hydroxylation is 1. The molecule has 0 spiro atoms. The minimum absolute atomic E-state index is 0.344. The van der Waals surface area contributed by atoms with Crippen LogP contribution in [0.3, 0.4) is 0 Å². The van der Waals surface area contributed by atoms with Crippen LogP contribution in [0.4, 0.5) is 5.69 Å². The van der Waals surface area contributed by atoms with Gasteiger partial charge < -0.3 is 10.1 Å². The van der Waals surface area contributed by atoms with Crippen molar-refractivity contribution >= 4 is 27.6 Å². The highest BCUT2D eigenvalue weighted by molar-refractivity contribution is 9.10. The molecule has 0 amide bonds. The SMILES string of the molecule is COC(=O)C(Br)CNc1cccc(C)c1C#N. The minimum Gasteiger partial charge on any atom is -0.468 e. The Morgan fingerprint density at radius 2 is 2.35 bits per heavy atom. The first-order chi connectivity index (χ1) is 8.10. The predicted molar refractivity (Wildman–Crippen MR) is 69.1 cm³/mol. The number of hydrogen-bond acceptors (Lipinski definition) is 4. The number of methoxy groups -OCH3 is 1. The molecule has 0 aliphatic rings. The second kappa shape index (κ2) is 6.26. The van der Waals surface area contributed by atoms with Crippen molar-refractivity contribution in [3.05, 3.63) is 29.3 Å². The number of nitrogens with one attached hydrogen (secondary N) is 1. The van der Waals surface area contributed by atoms with Crippen LogP contribution in [-0.2, 0) is 9.53 Å². The third kappa shape index (κ3) is 3.46. The van der Waals surface area contributed by atoms with Gasteiger partial charge in [-0.15, -0.1) is 0 Å². The lowest BCUT2D eigenvalue weighted by Crippen LogP contribution is -2.24. The molecular formula is C12H13BrN2O2. The summed E-state index contributed by atoms with van der Waals surface area (Å²) >= 11 is 3.21. The average molecular weight is 297 g/mol. The summed E-state index contributed by atoms with van der Waals surface area (Å²) in [5.74, 6) is -0.344. The van der Waals surface area contributed by atoms with Gasteiger partial charge in [-0.25, -0.2) is 0 Å². The first kappa shape index (κ1) is 13.5. The van der Waals surface area contributed by atoms with Gasteiger partial charge in [0, 0.05) is 6.54 Å². The van der Waals surface area contributed by atoms with E-state index in [1.54, 1.807) is 0 Å². The molecule has 1 rings (SSSR count). The fourth-order valence-electron chi connectivity index (χ4n) is 1.37. The summed E-state index contributed by atoms with van der Waals surface area (Å²) in [6, 6.07) is 7.68. The Balaban J connectivity index is 2.74. The minimum atomic E-state index is -0.431. The van der Waals surface area contributed by atoms with Crippen LogP contribution < -0.4 is 5.32 Å². The maximum atomic E-state index is 11.2. The first-order valence-corrected chi connectivity index (χ1v) is 5.97. The van der Waals surface area contributed by atoms with Gasteiger partial charge in [-0.05, 0) is 18.6 Å². The van der Waals surface area contributed by atoms with Crippen molar-refractivity contribution in [2.45, 2.75) is 11.8 Å². The summed E-state index contributed by atoms with van der Waals surface area (Å²) in [5, 5.41) is 12.1. The summed E-state index contributed by atoms with van der Waals surface area (Å²) in [6.45, 7) is 2.24. The predicted octanol–water partition coefficient (Wildman–Crippen LogP) is 2.22. The lowest BCUT2D eigenvalue weighted by molar-refractivity contribution is -0.139. The van der Waals surface area contributed by atoms with Crippen LogP contribution >= 0.6 is 15.9 Å². The average Bonchev–Trinajstić information content (AvgIpc) is 2.34. The third-order valence-electron chi connectivity index (χ3n) is 2.31. The molecule has 1 aromatic rings. The summed E-state index contributed by atoms with van der Waals surface area (Å²) in [5.41, 5.74) is 2.22. The number of rotatable bonds is 4. The number of alkyl halides is 1. The fourth-order valence-corrected chi connectivity index (χ4v) is 1.72. The van der Waals surface area contributed by atoms with E-state index in [1.807, 2.05) is 25.1 Å². The number of esters is 1. The van der Waals surface area contributed by atoms with Crippen LogP contribution in [0.15, 0.2) is 18.2 Å². The van der Waals surface area contributed by atoms with E-state index in [9.17, 15) is 4.79 Å². The third-order valence-corrected chi connectivity index (χ3v) is 3.01. The standard InChI is InChI=1S/C12H13BrN2O2/c1-8-4-3-5-11(9(8)6-14)15-7-10(13)12(16)17-2/h3-5,10,15H,7H2,1-2H3. The number of anilines is 1. The van der Waals surface area contributed by atoms with Gasteiger partial charge in [0.05, 0.1) is 18.4 Å². The molecular weight excluding hydrogens is 284 g/mol. The van der Waals surface area contributed by atoms with Crippen molar-refractivity contribution in [1.82, 2.24) is 0 Å². The molecule has 0 bridgehead atoms. The molecule has 1 aromatic carbocycles. The number of carbonyl (C=O) groups excluding carboxylic acids is 1. The Hall–Kier alpha value is -1.54. The number of hydrogen-bond donors (Lipinski definition) is 1. The van der Waals surface area contributed by atoms with Gasteiger partial charge >= 0.3 is 5.97 Å². The topological polar surface area (TPSA) is 62.1 Å². The maximum absolute atomic E-state index is 11.2. The normalized spacial score (nSPS) is 11.4. The molecule has 1 atom stereocenters. The zero-order valence-electron chi connectivity index (χ0n) is 9.66. The van der Waals surface area contributed by atoms with E-state index in [1.165, 1.54) is 7.11 Å². The molecule has 1 N–H and O–H groups in total. The molecule has 0 radical (unpaired) electrons. The van der Waals surface area contributed by atoms with Gasteiger partial charge in [0.2, 0.25) is 0 Å². The summed E-state index contributed by atoms with van der Waals surface area (Å²) in [7, 11) is 1.34. The Labute approximate surface area is 109 Å². The molecule has 0 aliphatic heterocycles. The highest BCUT2D eigenvalue weighted by atomic mass is 79.9. The number of carbonyl (C=O) groups is 1. The number of nitriles is 1. The van der Waals surface area contributed by atoms with Crippen molar-refractivity contribution in [2.24, 2.45) is 0 Å². The second-order valence-electron chi connectivity index (χ2n) is 3.48. The van der Waals surface area contributed by atoms with E-state index in [0.29, 0.717) is 12.1 Å². The molecule has 0 saturated carbocycles.